The van der Waals surface area contributed by atoms with Crippen molar-refractivity contribution in [3.8, 4) is 0 Å². The number of nitrogens with two attached hydrogens (primary N) is 1. The molecule has 0 fully saturated rings. The highest BCUT2D eigenvalue weighted by atomic mass is 79.9. The molecule has 0 aliphatic carbocycles. The van der Waals surface area contributed by atoms with Gasteiger partial charge in [-0.1, -0.05) is 21.5 Å². The van der Waals surface area contributed by atoms with Gasteiger partial charge in [-0.2, -0.15) is 8.42 Å². The van der Waals surface area contributed by atoms with Crippen LogP contribution in [0.25, 0.3) is 0 Å². The van der Waals surface area contributed by atoms with E-state index in [0.29, 0.717) is 0 Å². The minimum absolute atomic E-state index is 0.0159. The maximum Gasteiger partial charge on any atom is 0.294 e. The molecule has 0 bridgehead atoms. The average molecular weight is 409 g/mol. The van der Waals surface area contributed by atoms with Crippen LogP contribution in [0.2, 0.25) is 0 Å². The fourth-order valence-electron chi connectivity index (χ4n) is 1.15. The lowest BCUT2D eigenvalue weighted by atomic mass is 10.2. The van der Waals surface area contributed by atoms with Crippen LogP contribution in [0.1, 0.15) is 13.8 Å². The molecule has 1 aromatic rings. The minimum Gasteiger partial charge on any atom is -0.376 e. The van der Waals surface area contributed by atoms with Crippen molar-refractivity contribution < 1.29 is 17.8 Å². The van der Waals surface area contributed by atoms with Crippen molar-refractivity contribution in [2.75, 3.05) is 6.54 Å². The van der Waals surface area contributed by atoms with E-state index in [4.69, 9.17) is 10.3 Å². The molecule has 0 aliphatic heterocycles. The van der Waals surface area contributed by atoms with Crippen molar-refractivity contribution >= 4 is 49.2 Å². The van der Waals surface area contributed by atoms with E-state index in [1.54, 1.807) is 18.2 Å². The van der Waals surface area contributed by atoms with E-state index in [9.17, 15) is 13.2 Å². The highest BCUT2D eigenvalue weighted by Gasteiger charge is 2.07. The second kappa shape index (κ2) is 9.67. The maximum absolute atomic E-state index is 10.9. The van der Waals surface area contributed by atoms with Gasteiger partial charge in [-0.05, 0) is 56.4 Å². The Morgan fingerprint density at radius 1 is 1.36 bits per heavy atom. The molecule has 0 saturated carbocycles. The third-order valence-electron chi connectivity index (χ3n) is 2.00. The zero-order valence-electron chi connectivity index (χ0n) is 12.0. The summed E-state index contributed by atoms with van der Waals surface area (Å²) >= 11 is 7.66. The number of hydrogen-bond acceptors (Lipinski definition) is 4. The molecule has 0 amide bonds. The van der Waals surface area contributed by atoms with E-state index in [-0.39, 0.29) is 22.3 Å². The Morgan fingerprint density at radius 2 is 1.86 bits per heavy atom. The predicted octanol–water partition coefficient (Wildman–Crippen LogP) is 2.05. The van der Waals surface area contributed by atoms with Gasteiger partial charge in [-0.3, -0.25) is 9.35 Å². The molecular formula is C13H17BrN2O4S2. The Labute approximate surface area is 143 Å². The summed E-state index contributed by atoms with van der Waals surface area (Å²) in [6.07, 6.45) is 1.55. The topological polar surface area (TPSA) is 109 Å². The van der Waals surface area contributed by atoms with Crippen molar-refractivity contribution in [1.82, 2.24) is 5.32 Å². The average Bonchev–Trinajstić information content (AvgIpc) is 2.36. The molecule has 6 nitrogen and oxygen atoms in total. The van der Waals surface area contributed by atoms with Crippen molar-refractivity contribution in [3.05, 3.63) is 40.4 Å². The van der Waals surface area contributed by atoms with Gasteiger partial charge >= 0.3 is 0 Å². The molecular weight excluding hydrogens is 392 g/mol. The number of nitrogens with one attached hydrogen (secondary N) is 1. The third kappa shape index (κ3) is 10.4. The summed E-state index contributed by atoms with van der Waals surface area (Å²) in [6, 6.07) is 5.73. The molecule has 22 heavy (non-hydrogen) atoms. The fourth-order valence-corrected chi connectivity index (χ4v) is 1.97. The number of hydrogen-bond donors (Lipinski definition) is 3. The first-order valence-corrected chi connectivity index (χ1v) is 8.60. The van der Waals surface area contributed by atoms with E-state index in [1.165, 1.54) is 12.1 Å². The number of thiocarbonyl (C=S) groups is 1. The summed E-state index contributed by atoms with van der Waals surface area (Å²) in [5, 5.41) is 2.72. The quantitative estimate of drug-likeness (QED) is 0.397. The smallest absolute Gasteiger partial charge is 0.294 e. The highest BCUT2D eigenvalue weighted by Crippen LogP contribution is 2.13. The van der Waals surface area contributed by atoms with Crippen LogP contribution in [0.4, 0.5) is 0 Å². The number of benzene rings is 1. The number of ketones is 1. The summed E-state index contributed by atoms with van der Waals surface area (Å²) < 4.78 is 30.3. The lowest BCUT2D eigenvalue weighted by Gasteiger charge is -1.98. The maximum atomic E-state index is 10.9. The minimum atomic E-state index is -4.04. The first-order valence-electron chi connectivity index (χ1n) is 5.96. The molecule has 0 spiro atoms. The Bertz CT molecular complexity index is 651. The van der Waals surface area contributed by atoms with Crippen molar-refractivity contribution in [1.29, 1.82) is 0 Å². The summed E-state index contributed by atoms with van der Waals surface area (Å²) in [4.78, 5) is 10.8. The number of rotatable bonds is 4. The molecule has 9 heteroatoms. The standard InChI is InChI=1S/C7H12N2OS.C6H5BrO3S/c1-5(2)3-6(10)4-9-7(8)11;7-5-1-3-6(4-2-5)11(8,9)10/h3H,4H2,1-2H3,(H3,8,9,11);1-4H,(H,8,9,10). The first kappa shape index (κ1) is 20.7. The van der Waals surface area contributed by atoms with Gasteiger partial charge in [-0.15, -0.1) is 0 Å². The van der Waals surface area contributed by atoms with Crippen LogP contribution in [0.5, 0.6) is 0 Å². The lowest BCUT2D eigenvalue weighted by Crippen LogP contribution is -2.33. The van der Waals surface area contributed by atoms with E-state index in [0.717, 1.165) is 10.0 Å². The van der Waals surface area contributed by atoms with Gasteiger partial charge in [0.2, 0.25) is 0 Å². The Balaban J connectivity index is 0.000000401. The van der Waals surface area contributed by atoms with E-state index in [1.807, 2.05) is 13.8 Å². The zero-order valence-corrected chi connectivity index (χ0v) is 15.3. The van der Waals surface area contributed by atoms with Crippen LogP contribution in [0, 0.1) is 0 Å². The van der Waals surface area contributed by atoms with E-state index < -0.39 is 10.1 Å². The second-order valence-corrected chi connectivity index (χ2v) is 7.11. The van der Waals surface area contributed by atoms with E-state index in [2.05, 4.69) is 33.5 Å². The van der Waals surface area contributed by atoms with E-state index >= 15 is 0 Å². The van der Waals surface area contributed by atoms with Gasteiger partial charge in [0, 0.05) is 4.47 Å². The normalized spacial score (nSPS) is 10.0. The van der Waals surface area contributed by atoms with Crippen molar-refractivity contribution in [2.24, 2.45) is 5.73 Å². The van der Waals surface area contributed by atoms with Crippen molar-refractivity contribution in [3.63, 3.8) is 0 Å². The molecule has 122 valence electrons. The van der Waals surface area contributed by atoms with Gasteiger partial charge in [0.05, 0.1) is 11.4 Å². The monoisotopic (exact) mass is 408 g/mol. The fraction of sp³-hybridized carbons (Fsp3) is 0.231. The predicted molar refractivity (Wildman–Crippen MR) is 93.2 cm³/mol. The van der Waals surface area contributed by atoms with Crippen LogP contribution in [-0.4, -0.2) is 30.4 Å². The first-order chi connectivity index (χ1) is 10.0. The lowest BCUT2D eigenvalue weighted by molar-refractivity contribution is -0.113. The van der Waals surface area contributed by atoms with Gasteiger partial charge in [0.1, 0.15) is 0 Å². The number of carbonyl (C=O) groups excluding carboxylic acids is 1. The molecule has 0 radical (unpaired) electrons. The van der Waals surface area contributed by atoms with Gasteiger partial charge in [0.25, 0.3) is 10.1 Å². The SMILES string of the molecule is CC(C)=CC(=O)CNC(N)=S.O=S(=O)(O)c1ccc(Br)cc1. The Hall–Kier alpha value is -1.29. The third-order valence-corrected chi connectivity index (χ3v) is 3.54. The Kier molecular flexibility index (Phi) is 9.10. The molecule has 0 unspecified atom stereocenters. The molecule has 1 aromatic carbocycles. The molecule has 0 atom stereocenters. The highest BCUT2D eigenvalue weighted by molar-refractivity contribution is 9.10. The summed E-state index contributed by atoms with van der Waals surface area (Å²) in [5.74, 6) is -0.0159. The van der Waals surface area contributed by atoms with Gasteiger partial charge in [-0.25, -0.2) is 0 Å². The zero-order chi connectivity index (χ0) is 17.3. The molecule has 4 N–H and O–H groups in total. The van der Waals surface area contributed by atoms with Crippen molar-refractivity contribution in [2.45, 2.75) is 18.7 Å². The molecule has 0 aliphatic rings. The van der Waals surface area contributed by atoms with Crippen LogP contribution >= 0.6 is 28.1 Å². The van der Waals surface area contributed by atoms with Crippen LogP contribution < -0.4 is 11.1 Å². The molecule has 1 rings (SSSR count). The van der Waals surface area contributed by atoms with Gasteiger partial charge < -0.3 is 11.1 Å². The largest absolute Gasteiger partial charge is 0.376 e. The number of halogens is 1. The molecule has 0 heterocycles. The number of allylic oxidation sites excluding steroid dienone is 1. The van der Waals surface area contributed by atoms with Crippen LogP contribution in [-0.2, 0) is 14.9 Å². The second-order valence-electron chi connectivity index (χ2n) is 4.33. The van der Waals surface area contributed by atoms with Crippen LogP contribution in [0.3, 0.4) is 0 Å². The van der Waals surface area contributed by atoms with Crippen LogP contribution in [0.15, 0.2) is 45.3 Å². The summed E-state index contributed by atoms with van der Waals surface area (Å²) in [6.45, 7) is 3.90. The number of carbonyl (C=O) groups is 1. The Morgan fingerprint density at radius 3 is 2.23 bits per heavy atom. The summed E-state index contributed by atoms with van der Waals surface area (Å²) in [7, 11) is -4.04. The summed E-state index contributed by atoms with van der Waals surface area (Å²) in [5.41, 5.74) is 6.09. The van der Waals surface area contributed by atoms with Gasteiger partial charge in [0.15, 0.2) is 10.9 Å². The molecule has 0 saturated heterocycles. The molecule has 0 aromatic heterocycles.